The molecule has 0 unspecified atom stereocenters. The Labute approximate surface area is 128 Å². The summed E-state index contributed by atoms with van der Waals surface area (Å²) < 4.78 is 5.23. The highest BCUT2D eigenvalue weighted by molar-refractivity contribution is 5.89. The molecule has 3 rings (SSSR count). The normalized spacial score (nSPS) is 10.6. The number of carbonyl (C=O) groups is 1. The van der Waals surface area contributed by atoms with Crippen LogP contribution in [0.3, 0.4) is 0 Å². The summed E-state index contributed by atoms with van der Waals surface area (Å²) in [6, 6.07) is 14.6. The molecule has 0 bridgehead atoms. The van der Waals surface area contributed by atoms with Crippen molar-refractivity contribution in [2.24, 2.45) is 0 Å². The lowest BCUT2D eigenvalue weighted by Gasteiger charge is -2.09. The third-order valence-electron chi connectivity index (χ3n) is 3.62. The second kappa shape index (κ2) is 5.48. The van der Waals surface area contributed by atoms with Crippen molar-refractivity contribution in [3.8, 4) is 17.0 Å². The van der Waals surface area contributed by atoms with Crippen LogP contribution in [0.15, 0.2) is 48.5 Å². The van der Waals surface area contributed by atoms with E-state index >= 15 is 0 Å². The molecule has 1 aromatic heterocycles. The smallest absolute Gasteiger partial charge is 0.335 e. The number of hydrogen-bond acceptors (Lipinski definition) is 3. The Morgan fingerprint density at radius 1 is 1.09 bits per heavy atom. The SMILES string of the molecule is COc1ccc2nc(-c3ccc(C(=O)O)cc3)c(C)cc2c1. The molecule has 0 amide bonds. The molecule has 0 radical (unpaired) electrons. The van der Waals surface area contributed by atoms with E-state index in [1.807, 2.05) is 25.1 Å². The van der Waals surface area contributed by atoms with Gasteiger partial charge in [-0.2, -0.15) is 0 Å². The van der Waals surface area contributed by atoms with Gasteiger partial charge in [-0.05, 0) is 48.9 Å². The highest BCUT2D eigenvalue weighted by atomic mass is 16.5. The molecular weight excluding hydrogens is 278 g/mol. The highest BCUT2D eigenvalue weighted by Gasteiger charge is 2.08. The number of nitrogens with zero attached hydrogens (tertiary/aromatic N) is 1. The van der Waals surface area contributed by atoms with Crippen molar-refractivity contribution in [3.63, 3.8) is 0 Å². The van der Waals surface area contributed by atoms with E-state index in [-0.39, 0.29) is 5.56 Å². The van der Waals surface area contributed by atoms with Crippen molar-refractivity contribution in [1.82, 2.24) is 4.98 Å². The number of hydrogen-bond donors (Lipinski definition) is 1. The van der Waals surface area contributed by atoms with Gasteiger partial charge in [0, 0.05) is 10.9 Å². The number of rotatable bonds is 3. The lowest BCUT2D eigenvalue weighted by molar-refractivity contribution is 0.0697. The Balaban J connectivity index is 2.10. The van der Waals surface area contributed by atoms with Crippen LogP contribution < -0.4 is 4.74 Å². The molecule has 1 N–H and O–H groups in total. The summed E-state index contributed by atoms with van der Waals surface area (Å²) in [6.45, 7) is 1.99. The molecule has 4 nitrogen and oxygen atoms in total. The number of aryl methyl sites for hydroxylation is 1. The van der Waals surface area contributed by atoms with Gasteiger partial charge in [0.25, 0.3) is 0 Å². The standard InChI is InChI=1S/C18H15NO3/c1-11-9-14-10-15(22-2)7-8-16(14)19-17(11)12-3-5-13(6-4-12)18(20)21/h3-10H,1-2H3,(H,20,21). The average Bonchev–Trinajstić information content (AvgIpc) is 2.53. The molecule has 110 valence electrons. The topological polar surface area (TPSA) is 59.4 Å². The van der Waals surface area contributed by atoms with Gasteiger partial charge in [0.15, 0.2) is 0 Å². The molecule has 0 saturated carbocycles. The molecule has 0 spiro atoms. The van der Waals surface area contributed by atoms with E-state index in [1.165, 1.54) is 0 Å². The predicted octanol–water partition coefficient (Wildman–Crippen LogP) is 3.92. The maximum absolute atomic E-state index is 10.9. The molecule has 3 aromatic rings. The molecule has 0 saturated heterocycles. The van der Waals surface area contributed by atoms with Crippen molar-refractivity contribution >= 4 is 16.9 Å². The third kappa shape index (κ3) is 2.51. The van der Waals surface area contributed by atoms with Gasteiger partial charge in [-0.3, -0.25) is 0 Å². The van der Waals surface area contributed by atoms with Crippen LogP contribution in [0.25, 0.3) is 22.2 Å². The zero-order valence-corrected chi connectivity index (χ0v) is 12.3. The summed E-state index contributed by atoms with van der Waals surface area (Å²) in [5.74, 6) is -0.130. The molecule has 22 heavy (non-hydrogen) atoms. The number of carboxylic acids is 1. The summed E-state index contributed by atoms with van der Waals surface area (Å²) in [4.78, 5) is 15.6. The van der Waals surface area contributed by atoms with Crippen LogP contribution >= 0.6 is 0 Å². The van der Waals surface area contributed by atoms with Gasteiger partial charge < -0.3 is 9.84 Å². The van der Waals surface area contributed by atoms with E-state index in [2.05, 4.69) is 6.07 Å². The summed E-state index contributed by atoms with van der Waals surface area (Å²) in [6.07, 6.45) is 0. The minimum atomic E-state index is -0.929. The van der Waals surface area contributed by atoms with E-state index < -0.39 is 5.97 Å². The van der Waals surface area contributed by atoms with Gasteiger partial charge in [-0.1, -0.05) is 12.1 Å². The first kappa shape index (κ1) is 14.1. The van der Waals surface area contributed by atoms with E-state index in [0.29, 0.717) is 0 Å². The maximum atomic E-state index is 10.9. The highest BCUT2D eigenvalue weighted by Crippen LogP contribution is 2.27. The Hall–Kier alpha value is -2.88. The molecular formula is C18H15NO3. The average molecular weight is 293 g/mol. The second-order valence-corrected chi connectivity index (χ2v) is 5.10. The number of methoxy groups -OCH3 is 1. The summed E-state index contributed by atoms with van der Waals surface area (Å²) >= 11 is 0. The lowest BCUT2D eigenvalue weighted by atomic mass is 10.0. The molecule has 4 heteroatoms. The molecule has 0 aliphatic heterocycles. The predicted molar refractivity (Wildman–Crippen MR) is 85.4 cm³/mol. The van der Waals surface area contributed by atoms with Crippen LogP contribution in [0.4, 0.5) is 0 Å². The maximum Gasteiger partial charge on any atom is 0.335 e. The number of pyridine rings is 1. The van der Waals surface area contributed by atoms with Crippen LogP contribution in [0, 0.1) is 6.92 Å². The van der Waals surface area contributed by atoms with E-state index in [9.17, 15) is 4.79 Å². The van der Waals surface area contributed by atoms with Crippen molar-refractivity contribution in [2.45, 2.75) is 6.92 Å². The number of benzene rings is 2. The molecule has 0 fully saturated rings. The van der Waals surface area contributed by atoms with E-state index in [4.69, 9.17) is 14.8 Å². The second-order valence-electron chi connectivity index (χ2n) is 5.10. The minimum Gasteiger partial charge on any atom is -0.497 e. The number of aromatic carboxylic acids is 1. The fourth-order valence-corrected chi connectivity index (χ4v) is 2.45. The number of ether oxygens (including phenoxy) is 1. The molecule has 0 atom stereocenters. The molecule has 0 aliphatic carbocycles. The number of fused-ring (bicyclic) bond motifs is 1. The largest absolute Gasteiger partial charge is 0.497 e. The summed E-state index contributed by atoms with van der Waals surface area (Å²) in [5, 5.41) is 9.98. The molecule has 2 aromatic carbocycles. The first-order valence-corrected chi connectivity index (χ1v) is 6.87. The number of aromatic nitrogens is 1. The fourth-order valence-electron chi connectivity index (χ4n) is 2.45. The summed E-state index contributed by atoms with van der Waals surface area (Å²) in [7, 11) is 1.64. The zero-order chi connectivity index (χ0) is 15.7. The van der Waals surface area contributed by atoms with Crippen molar-refractivity contribution in [1.29, 1.82) is 0 Å². The lowest BCUT2D eigenvalue weighted by Crippen LogP contribution is -1.96. The van der Waals surface area contributed by atoms with Gasteiger partial charge in [0.1, 0.15) is 5.75 Å². The molecule has 0 aliphatic rings. The Bertz CT molecular complexity index is 854. The number of carboxylic acid groups (broad SMARTS) is 1. The van der Waals surface area contributed by atoms with Crippen molar-refractivity contribution < 1.29 is 14.6 Å². The van der Waals surface area contributed by atoms with Gasteiger partial charge >= 0.3 is 5.97 Å². The first-order chi connectivity index (χ1) is 10.6. The first-order valence-electron chi connectivity index (χ1n) is 6.87. The van der Waals surface area contributed by atoms with Crippen LogP contribution in [0.2, 0.25) is 0 Å². The van der Waals surface area contributed by atoms with Crippen molar-refractivity contribution in [2.75, 3.05) is 7.11 Å². The minimum absolute atomic E-state index is 0.270. The Morgan fingerprint density at radius 2 is 1.82 bits per heavy atom. The molecule has 1 heterocycles. The Morgan fingerprint density at radius 3 is 2.45 bits per heavy atom. The zero-order valence-electron chi connectivity index (χ0n) is 12.3. The van der Waals surface area contributed by atoms with Crippen LogP contribution in [0.5, 0.6) is 5.75 Å². The van der Waals surface area contributed by atoms with Crippen LogP contribution in [-0.2, 0) is 0 Å². The van der Waals surface area contributed by atoms with Gasteiger partial charge in [-0.25, -0.2) is 9.78 Å². The summed E-state index contributed by atoms with van der Waals surface area (Å²) in [5.41, 5.74) is 3.94. The van der Waals surface area contributed by atoms with Gasteiger partial charge in [0.2, 0.25) is 0 Å². The van der Waals surface area contributed by atoms with E-state index in [1.54, 1.807) is 31.4 Å². The van der Waals surface area contributed by atoms with Gasteiger partial charge in [-0.15, -0.1) is 0 Å². The Kier molecular flexibility index (Phi) is 3.51. The van der Waals surface area contributed by atoms with E-state index in [0.717, 1.165) is 33.5 Å². The van der Waals surface area contributed by atoms with Crippen LogP contribution in [0.1, 0.15) is 15.9 Å². The quantitative estimate of drug-likeness (QED) is 0.795. The monoisotopic (exact) mass is 293 g/mol. The van der Waals surface area contributed by atoms with Crippen LogP contribution in [-0.4, -0.2) is 23.2 Å². The van der Waals surface area contributed by atoms with Crippen molar-refractivity contribution in [3.05, 3.63) is 59.7 Å². The fraction of sp³-hybridized carbons (Fsp3) is 0.111. The third-order valence-corrected chi connectivity index (χ3v) is 3.62. The van der Waals surface area contributed by atoms with Gasteiger partial charge in [0.05, 0.1) is 23.9 Å².